The molecule has 1 heterocycles. The molecule has 0 amide bonds. The molecule has 0 radical (unpaired) electrons. The molecule has 0 aliphatic heterocycles. The van der Waals surface area contributed by atoms with Gasteiger partial charge in [-0.15, -0.1) is 0 Å². The van der Waals surface area contributed by atoms with E-state index < -0.39 is 4.92 Å². The van der Waals surface area contributed by atoms with Crippen molar-refractivity contribution in [3.63, 3.8) is 0 Å². The van der Waals surface area contributed by atoms with Crippen LogP contribution in [0.1, 0.15) is 0 Å². The molecule has 3 aromatic rings. The monoisotopic (exact) mass is 282 g/mol. The summed E-state index contributed by atoms with van der Waals surface area (Å²) in [6, 6.07) is 13.3. The molecule has 0 fully saturated rings. The first-order valence-corrected chi connectivity index (χ1v) is 6.10. The number of para-hydroxylation sites is 2. The highest BCUT2D eigenvalue weighted by Crippen LogP contribution is 2.31. The van der Waals surface area contributed by atoms with Crippen LogP contribution in [0.25, 0.3) is 5.69 Å². The van der Waals surface area contributed by atoms with E-state index in [1.54, 1.807) is 47.4 Å². The Morgan fingerprint density at radius 1 is 1.14 bits per heavy atom. The van der Waals surface area contributed by atoms with Crippen LogP contribution in [-0.2, 0) is 0 Å². The molecule has 2 aromatic carbocycles. The van der Waals surface area contributed by atoms with Crippen molar-refractivity contribution >= 4 is 5.69 Å². The van der Waals surface area contributed by atoms with Gasteiger partial charge in [0.05, 0.1) is 10.6 Å². The summed E-state index contributed by atoms with van der Waals surface area (Å²) in [4.78, 5) is 14.4. The van der Waals surface area contributed by atoms with Gasteiger partial charge in [-0.2, -0.15) is 5.10 Å². The van der Waals surface area contributed by atoms with Crippen LogP contribution in [0.15, 0.2) is 61.2 Å². The number of ether oxygens (including phenoxy) is 1. The minimum Gasteiger partial charge on any atom is -0.450 e. The first kappa shape index (κ1) is 12.8. The standard InChI is InChI=1S/C14H10N4O3/c19-18(20)13-6-1-2-7-14(13)21-12-5-3-4-11(8-12)17-10-15-9-16-17/h1-10H. The summed E-state index contributed by atoms with van der Waals surface area (Å²) in [5, 5.41) is 15.0. The molecule has 1 aromatic heterocycles. The van der Waals surface area contributed by atoms with Crippen LogP contribution in [0.5, 0.6) is 11.5 Å². The average Bonchev–Trinajstić information content (AvgIpc) is 3.02. The molecule has 3 rings (SSSR count). The summed E-state index contributed by atoms with van der Waals surface area (Å²) in [5.74, 6) is 0.676. The second-order valence-electron chi connectivity index (χ2n) is 4.16. The Balaban J connectivity index is 1.93. The molecule has 104 valence electrons. The second-order valence-corrected chi connectivity index (χ2v) is 4.16. The zero-order valence-corrected chi connectivity index (χ0v) is 10.8. The van der Waals surface area contributed by atoms with Gasteiger partial charge in [0.15, 0.2) is 0 Å². The maximum absolute atomic E-state index is 11.0. The van der Waals surface area contributed by atoms with Crippen LogP contribution in [0.2, 0.25) is 0 Å². The maximum Gasteiger partial charge on any atom is 0.311 e. The third-order valence-electron chi connectivity index (χ3n) is 2.79. The molecular weight excluding hydrogens is 272 g/mol. The molecule has 0 saturated carbocycles. The maximum atomic E-state index is 11.0. The Labute approximate surface area is 119 Å². The number of aromatic nitrogens is 3. The van der Waals surface area contributed by atoms with Gasteiger partial charge in [0, 0.05) is 12.1 Å². The van der Waals surface area contributed by atoms with E-state index in [1.807, 2.05) is 6.07 Å². The Morgan fingerprint density at radius 3 is 2.76 bits per heavy atom. The van der Waals surface area contributed by atoms with E-state index in [-0.39, 0.29) is 11.4 Å². The Kier molecular flexibility index (Phi) is 3.30. The molecule has 0 spiro atoms. The number of nitrogens with zero attached hydrogens (tertiary/aromatic N) is 4. The predicted octanol–water partition coefficient (Wildman–Crippen LogP) is 2.97. The lowest BCUT2D eigenvalue weighted by Gasteiger charge is -2.07. The van der Waals surface area contributed by atoms with Crippen molar-refractivity contribution in [1.82, 2.24) is 14.8 Å². The normalized spacial score (nSPS) is 10.3. The first-order chi connectivity index (χ1) is 10.2. The van der Waals surface area contributed by atoms with Crippen molar-refractivity contribution in [3.05, 3.63) is 71.3 Å². The van der Waals surface area contributed by atoms with Gasteiger partial charge in [0.2, 0.25) is 5.75 Å². The minimum absolute atomic E-state index is 0.0799. The predicted molar refractivity (Wildman–Crippen MR) is 74.5 cm³/mol. The molecule has 0 unspecified atom stereocenters. The van der Waals surface area contributed by atoms with Gasteiger partial charge in [-0.25, -0.2) is 9.67 Å². The molecule has 7 heteroatoms. The van der Waals surface area contributed by atoms with E-state index in [0.717, 1.165) is 5.69 Å². The lowest BCUT2D eigenvalue weighted by Crippen LogP contribution is -1.96. The van der Waals surface area contributed by atoms with Crippen LogP contribution in [-0.4, -0.2) is 19.7 Å². The Morgan fingerprint density at radius 2 is 2.00 bits per heavy atom. The number of benzene rings is 2. The summed E-state index contributed by atoms with van der Waals surface area (Å²) in [6.07, 6.45) is 2.99. The van der Waals surface area contributed by atoms with Crippen molar-refractivity contribution in [2.45, 2.75) is 0 Å². The smallest absolute Gasteiger partial charge is 0.311 e. The molecular formula is C14H10N4O3. The summed E-state index contributed by atoms with van der Waals surface area (Å²) in [6.45, 7) is 0. The Hall–Kier alpha value is -3.22. The number of rotatable bonds is 4. The number of hydrogen-bond acceptors (Lipinski definition) is 5. The van der Waals surface area contributed by atoms with Crippen LogP contribution in [0.3, 0.4) is 0 Å². The molecule has 0 saturated heterocycles. The van der Waals surface area contributed by atoms with Gasteiger partial charge in [-0.05, 0) is 18.2 Å². The molecule has 21 heavy (non-hydrogen) atoms. The van der Waals surface area contributed by atoms with E-state index >= 15 is 0 Å². The van der Waals surface area contributed by atoms with Crippen LogP contribution in [0, 0.1) is 10.1 Å². The van der Waals surface area contributed by atoms with Gasteiger partial charge in [0.25, 0.3) is 0 Å². The fourth-order valence-corrected chi connectivity index (χ4v) is 1.85. The van der Waals surface area contributed by atoms with Crippen LogP contribution >= 0.6 is 0 Å². The molecule has 0 aliphatic carbocycles. The van der Waals surface area contributed by atoms with E-state index in [1.165, 1.54) is 12.4 Å². The van der Waals surface area contributed by atoms with Gasteiger partial charge in [-0.3, -0.25) is 10.1 Å². The average molecular weight is 282 g/mol. The van der Waals surface area contributed by atoms with Crippen molar-refractivity contribution in [2.75, 3.05) is 0 Å². The van der Waals surface area contributed by atoms with E-state index in [4.69, 9.17) is 4.74 Å². The summed E-state index contributed by atoms with van der Waals surface area (Å²) >= 11 is 0. The summed E-state index contributed by atoms with van der Waals surface area (Å²) < 4.78 is 7.18. The zero-order valence-electron chi connectivity index (χ0n) is 10.8. The van der Waals surface area contributed by atoms with Gasteiger partial charge in [0.1, 0.15) is 18.4 Å². The highest BCUT2D eigenvalue weighted by Gasteiger charge is 2.14. The highest BCUT2D eigenvalue weighted by molar-refractivity contribution is 5.49. The number of nitro benzene ring substituents is 1. The molecule has 0 N–H and O–H groups in total. The van der Waals surface area contributed by atoms with Crippen LogP contribution < -0.4 is 4.74 Å². The first-order valence-electron chi connectivity index (χ1n) is 6.10. The second kappa shape index (κ2) is 5.41. The molecule has 0 bridgehead atoms. The lowest BCUT2D eigenvalue weighted by molar-refractivity contribution is -0.385. The fourth-order valence-electron chi connectivity index (χ4n) is 1.85. The summed E-state index contributed by atoms with van der Waals surface area (Å²) in [5.41, 5.74) is 0.673. The van der Waals surface area contributed by atoms with Crippen LogP contribution in [0.4, 0.5) is 5.69 Å². The van der Waals surface area contributed by atoms with E-state index in [9.17, 15) is 10.1 Å². The summed E-state index contributed by atoms with van der Waals surface area (Å²) in [7, 11) is 0. The third-order valence-corrected chi connectivity index (χ3v) is 2.79. The topological polar surface area (TPSA) is 83.1 Å². The van der Waals surface area contributed by atoms with Gasteiger partial charge in [-0.1, -0.05) is 18.2 Å². The zero-order chi connectivity index (χ0) is 14.7. The largest absolute Gasteiger partial charge is 0.450 e. The number of nitro groups is 1. The Bertz CT molecular complexity index is 771. The van der Waals surface area contributed by atoms with E-state index in [2.05, 4.69) is 10.1 Å². The number of hydrogen-bond donors (Lipinski definition) is 0. The van der Waals surface area contributed by atoms with Crippen molar-refractivity contribution in [2.24, 2.45) is 0 Å². The van der Waals surface area contributed by atoms with Gasteiger partial charge >= 0.3 is 5.69 Å². The third kappa shape index (κ3) is 2.71. The van der Waals surface area contributed by atoms with E-state index in [0.29, 0.717) is 5.75 Å². The quantitative estimate of drug-likeness (QED) is 0.542. The highest BCUT2D eigenvalue weighted by atomic mass is 16.6. The lowest BCUT2D eigenvalue weighted by atomic mass is 10.3. The molecule has 0 aliphatic rings. The van der Waals surface area contributed by atoms with Crippen molar-refractivity contribution in [1.29, 1.82) is 0 Å². The molecule has 7 nitrogen and oxygen atoms in total. The van der Waals surface area contributed by atoms with Crippen molar-refractivity contribution < 1.29 is 9.66 Å². The SMILES string of the molecule is O=[N+]([O-])c1ccccc1Oc1cccc(-n2cncn2)c1. The molecule has 0 atom stereocenters. The van der Waals surface area contributed by atoms with Crippen molar-refractivity contribution in [3.8, 4) is 17.2 Å². The minimum atomic E-state index is -0.476. The fraction of sp³-hybridized carbons (Fsp3) is 0. The van der Waals surface area contributed by atoms with Gasteiger partial charge < -0.3 is 4.74 Å².